The zero-order chi connectivity index (χ0) is 12.0. The Morgan fingerprint density at radius 2 is 1.88 bits per heavy atom. The Morgan fingerprint density at radius 1 is 1.25 bits per heavy atom. The van der Waals surface area contributed by atoms with E-state index in [0.29, 0.717) is 0 Å². The van der Waals surface area contributed by atoms with Crippen LogP contribution in [0.1, 0.15) is 12.8 Å². The topological polar surface area (TPSA) is 52.5 Å². The van der Waals surface area contributed by atoms with E-state index in [1.54, 1.807) is 0 Å². The Morgan fingerprint density at radius 3 is 2.38 bits per heavy atom. The average Bonchev–Trinajstić information content (AvgIpc) is 2.92. The standard InChI is InChI=1S/C10H14F3NO2/c11-10(12,13)2-1-6-8(16)7(15)5-14-9(6)3-4-9/h1-2,6-8,14-16H,3-5H2. The normalized spacial score (nSPS) is 38.2. The third-order valence-corrected chi connectivity index (χ3v) is 3.34. The van der Waals surface area contributed by atoms with Gasteiger partial charge in [-0.2, -0.15) is 13.2 Å². The number of piperidine rings is 1. The summed E-state index contributed by atoms with van der Waals surface area (Å²) >= 11 is 0. The molecule has 1 aliphatic heterocycles. The van der Waals surface area contributed by atoms with Gasteiger partial charge in [0.1, 0.15) is 0 Å². The molecule has 92 valence electrons. The zero-order valence-corrected chi connectivity index (χ0v) is 8.54. The SMILES string of the molecule is OC1CNC2(CC2)C(C=CC(F)(F)F)C1O. The number of hydrogen-bond acceptors (Lipinski definition) is 3. The summed E-state index contributed by atoms with van der Waals surface area (Å²) in [5.41, 5.74) is -0.430. The van der Waals surface area contributed by atoms with Gasteiger partial charge in [0.25, 0.3) is 0 Å². The van der Waals surface area contributed by atoms with Crippen molar-refractivity contribution >= 4 is 0 Å². The second-order valence-electron chi connectivity index (χ2n) is 4.52. The van der Waals surface area contributed by atoms with Crippen molar-refractivity contribution in [1.82, 2.24) is 5.32 Å². The van der Waals surface area contributed by atoms with Gasteiger partial charge in [-0.25, -0.2) is 0 Å². The smallest absolute Gasteiger partial charge is 0.390 e. The number of aliphatic hydroxyl groups excluding tert-OH is 2. The van der Waals surface area contributed by atoms with Gasteiger partial charge in [-0.1, -0.05) is 6.08 Å². The molecule has 0 aromatic rings. The highest BCUT2D eigenvalue weighted by molar-refractivity contribution is 5.19. The summed E-state index contributed by atoms with van der Waals surface area (Å²) in [6.45, 7) is 0.234. The van der Waals surface area contributed by atoms with Crippen LogP contribution in [0.4, 0.5) is 13.2 Å². The molecular formula is C10H14F3NO2. The van der Waals surface area contributed by atoms with Gasteiger partial charge in [-0.05, 0) is 12.8 Å². The van der Waals surface area contributed by atoms with Crippen LogP contribution in [0.5, 0.6) is 0 Å². The van der Waals surface area contributed by atoms with Crippen LogP contribution in [0.15, 0.2) is 12.2 Å². The van der Waals surface area contributed by atoms with E-state index >= 15 is 0 Å². The molecule has 3 atom stereocenters. The van der Waals surface area contributed by atoms with Gasteiger partial charge in [0.15, 0.2) is 0 Å². The van der Waals surface area contributed by atoms with Crippen LogP contribution in [0.3, 0.4) is 0 Å². The van der Waals surface area contributed by atoms with Crippen molar-refractivity contribution in [3.05, 3.63) is 12.2 Å². The Hall–Kier alpha value is -0.590. The molecule has 3 N–H and O–H groups in total. The van der Waals surface area contributed by atoms with Gasteiger partial charge in [0.2, 0.25) is 0 Å². The van der Waals surface area contributed by atoms with Crippen molar-refractivity contribution in [2.75, 3.05) is 6.54 Å². The van der Waals surface area contributed by atoms with Crippen molar-refractivity contribution in [3.8, 4) is 0 Å². The molecule has 16 heavy (non-hydrogen) atoms. The number of hydrogen-bond donors (Lipinski definition) is 3. The fraction of sp³-hybridized carbons (Fsp3) is 0.800. The summed E-state index contributed by atoms with van der Waals surface area (Å²) in [5, 5.41) is 22.1. The van der Waals surface area contributed by atoms with Gasteiger partial charge >= 0.3 is 6.18 Å². The van der Waals surface area contributed by atoms with Gasteiger partial charge < -0.3 is 15.5 Å². The van der Waals surface area contributed by atoms with E-state index in [-0.39, 0.29) is 12.6 Å². The predicted molar refractivity (Wildman–Crippen MR) is 50.7 cm³/mol. The Kier molecular flexibility index (Phi) is 2.76. The summed E-state index contributed by atoms with van der Waals surface area (Å²) in [7, 11) is 0. The summed E-state index contributed by atoms with van der Waals surface area (Å²) < 4.78 is 36.2. The van der Waals surface area contributed by atoms with E-state index in [0.717, 1.165) is 18.9 Å². The first-order chi connectivity index (χ1) is 7.34. The molecule has 0 bridgehead atoms. The molecule has 3 unspecified atom stereocenters. The molecule has 1 saturated carbocycles. The highest BCUT2D eigenvalue weighted by atomic mass is 19.4. The minimum absolute atomic E-state index is 0.140. The number of alkyl halides is 3. The molecule has 1 heterocycles. The lowest BCUT2D eigenvalue weighted by molar-refractivity contribution is -0.0821. The average molecular weight is 237 g/mol. The maximum absolute atomic E-state index is 12.1. The lowest BCUT2D eigenvalue weighted by atomic mass is 9.84. The van der Waals surface area contributed by atoms with Crippen molar-refractivity contribution in [2.24, 2.45) is 5.92 Å². The van der Waals surface area contributed by atoms with Gasteiger partial charge in [0, 0.05) is 24.1 Å². The van der Waals surface area contributed by atoms with Crippen molar-refractivity contribution in [2.45, 2.75) is 36.8 Å². The van der Waals surface area contributed by atoms with E-state index in [2.05, 4.69) is 5.32 Å². The van der Waals surface area contributed by atoms with Crippen LogP contribution < -0.4 is 5.32 Å². The maximum Gasteiger partial charge on any atom is 0.409 e. The molecule has 0 aromatic heterocycles. The molecule has 2 fully saturated rings. The number of halogens is 3. The second kappa shape index (κ2) is 3.72. The highest BCUT2D eigenvalue weighted by Crippen LogP contribution is 2.47. The monoisotopic (exact) mass is 237 g/mol. The molecule has 2 rings (SSSR count). The van der Waals surface area contributed by atoms with Crippen LogP contribution in [-0.2, 0) is 0 Å². The second-order valence-corrected chi connectivity index (χ2v) is 4.52. The van der Waals surface area contributed by atoms with Gasteiger partial charge in [-0.15, -0.1) is 0 Å². The third kappa shape index (κ3) is 2.23. The Bertz CT molecular complexity index is 299. The molecular weight excluding hydrogens is 223 g/mol. The van der Waals surface area contributed by atoms with Gasteiger partial charge in [-0.3, -0.25) is 0 Å². The largest absolute Gasteiger partial charge is 0.409 e. The first-order valence-electron chi connectivity index (χ1n) is 5.21. The summed E-state index contributed by atoms with van der Waals surface area (Å²) in [5.74, 6) is -0.669. The number of nitrogens with one attached hydrogen (secondary N) is 1. The number of β-amino-alcohol motifs (C(OH)–C–C–N with tert-alkyl or cyclic N) is 1. The van der Waals surface area contributed by atoms with Crippen molar-refractivity contribution in [3.63, 3.8) is 0 Å². The van der Waals surface area contributed by atoms with Crippen LogP contribution >= 0.6 is 0 Å². The summed E-state index contributed by atoms with van der Waals surface area (Å²) in [6.07, 6.45) is -3.92. The molecule has 1 spiro atoms. The van der Waals surface area contributed by atoms with Crippen molar-refractivity contribution in [1.29, 1.82) is 0 Å². The zero-order valence-electron chi connectivity index (χ0n) is 8.54. The van der Waals surface area contributed by atoms with Crippen LogP contribution in [0.25, 0.3) is 0 Å². The molecule has 3 nitrogen and oxygen atoms in total. The Balaban J connectivity index is 2.12. The lowest BCUT2D eigenvalue weighted by Gasteiger charge is -2.38. The number of allylic oxidation sites excluding steroid dienone is 1. The minimum atomic E-state index is -4.38. The van der Waals surface area contributed by atoms with E-state index in [9.17, 15) is 23.4 Å². The first kappa shape index (κ1) is 11.9. The number of aliphatic hydroxyl groups is 2. The highest BCUT2D eigenvalue weighted by Gasteiger charge is 2.55. The fourth-order valence-electron chi connectivity index (χ4n) is 2.27. The summed E-state index contributed by atoms with van der Waals surface area (Å²) in [4.78, 5) is 0. The molecule has 0 aromatic carbocycles. The summed E-state index contributed by atoms with van der Waals surface area (Å²) in [6, 6.07) is 0. The molecule has 2 aliphatic rings. The molecule has 1 aliphatic carbocycles. The Labute approximate surface area is 91.0 Å². The fourth-order valence-corrected chi connectivity index (χ4v) is 2.27. The van der Waals surface area contributed by atoms with E-state index < -0.39 is 29.8 Å². The van der Waals surface area contributed by atoms with Gasteiger partial charge in [0.05, 0.1) is 12.2 Å². The maximum atomic E-state index is 12.1. The first-order valence-corrected chi connectivity index (χ1v) is 5.21. The quantitative estimate of drug-likeness (QED) is 0.585. The van der Waals surface area contributed by atoms with E-state index in [1.165, 1.54) is 0 Å². The number of rotatable bonds is 1. The van der Waals surface area contributed by atoms with E-state index in [4.69, 9.17) is 0 Å². The molecule has 0 radical (unpaired) electrons. The van der Waals surface area contributed by atoms with E-state index in [1.807, 2.05) is 0 Å². The third-order valence-electron chi connectivity index (χ3n) is 3.34. The minimum Gasteiger partial charge on any atom is -0.390 e. The molecule has 6 heteroatoms. The van der Waals surface area contributed by atoms with Crippen LogP contribution in [0.2, 0.25) is 0 Å². The predicted octanol–water partition coefficient (Wildman–Crippen LogP) is 0.579. The molecule has 0 amide bonds. The van der Waals surface area contributed by atoms with Crippen LogP contribution in [0, 0.1) is 5.92 Å². The van der Waals surface area contributed by atoms with Crippen molar-refractivity contribution < 1.29 is 23.4 Å². The molecule has 1 saturated heterocycles. The van der Waals surface area contributed by atoms with Crippen LogP contribution in [-0.4, -0.2) is 40.7 Å². The lowest BCUT2D eigenvalue weighted by Crippen LogP contribution is -2.57.